The van der Waals surface area contributed by atoms with Crippen LogP contribution < -0.4 is 10.6 Å². The van der Waals surface area contributed by atoms with Crippen LogP contribution in [0, 0.1) is 0 Å². The van der Waals surface area contributed by atoms with Gasteiger partial charge >= 0.3 is 0 Å². The van der Waals surface area contributed by atoms with Gasteiger partial charge in [-0.25, -0.2) is 0 Å². The van der Waals surface area contributed by atoms with Crippen molar-refractivity contribution in [1.29, 1.82) is 0 Å². The summed E-state index contributed by atoms with van der Waals surface area (Å²) in [5, 5.41) is 14.6. The Morgan fingerprint density at radius 2 is 2.00 bits per heavy atom. The first kappa shape index (κ1) is 6.24. The third-order valence-electron chi connectivity index (χ3n) is 2.22. The van der Waals surface area contributed by atoms with E-state index in [2.05, 4.69) is 20.9 Å². The Hall–Kier alpha value is -0.480. The molecule has 2 heterocycles. The first-order valence-corrected chi connectivity index (χ1v) is 3.70. The van der Waals surface area contributed by atoms with Gasteiger partial charge in [0.2, 0.25) is 0 Å². The van der Waals surface area contributed by atoms with Gasteiger partial charge in [0.1, 0.15) is 0 Å². The summed E-state index contributed by atoms with van der Waals surface area (Å²) in [6.45, 7) is 3.74. The number of azo groups is 1. The minimum absolute atomic E-state index is 0.227. The van der Waals surface area contributed by atoms with Gasteiger partial charge in [-0.2, -0.15) is 10.2 Å². The van der Waals surface area contributed by atoms with Crippen LogP contribution in [0.4, 0.5) is 0 Å². The smallest absolute Gasteiger partial charge is 0.0800 e. The molecule has 1 saturated heterocycles. The number of nitrogens with one attached hydrogen (secondary N) is 2. The van der Waals surface area contributed by atoms with E-state index in [1.165, 1.54) is 0 Å². The van der Waals surface area contributed by atoms with E-state index in [1.807, 2.05) is 0 Å². The van der Waals surface area contributed by atoms with E-state index in [-0.39, 0.29) is 5.54 Å². The minimum Gasteiger partial charge on any atom is -0.304 e. The molecule has 4 heteroatoms. The zero-order chi connectivity index (χ0) is 6.86. The van der Waals surface area contributed by atoms with Crippen molar-refractivity contribution in [1.82, 2.24) is 10.6 Å². The molecule has 4 nitrogen and oxygen atoms in total. The van der Waals surface area contributed by atoms with Crippen molar-refractivity contribution in [3.8, 4) is 0 Å². The number of hydrogen-bond donors (Lipinski definition) is 2. The molecule has 0 radical (unpaired) electrons. The fourth-order valence-corrected chi connectivity index (χ4v) is 1.45. The summed E-state index contributed by atoms with van der Waals surface area (Å²) >= 11 is 0. The minimum atomic E-state index is 0.227. The molecule has 0 bridgehead atoms. The zero-order valence-corrected chi connectivity index (χ0v) is 5.93. The van der Waals surface area contributed by atoms with Gasteiger partial charge in [-0.05, 0) is 13.0 Å². The number of rotatable bonds is 0. The molecule has 10 heavy (non-hydrogen) atoms. The normalized spacial score (nSPS) is 29.6. The molecule has 1 spiro atoms. The van der Waals surface area contributed by atoms with Crippen LogP contribution >= 0.6 is 0 Å². The van der Waals surface area contributed by atoms with Crippen LogP contribution in [-0.2, 0) is 0 Å². The monoisotopic (exact) mass is 140 g/mol. The Labute approximate surface area is 60.1 Å². The highest BCUT2D eigenvalue weighted by Crippen LogP contribution is 2.18. The highest BCUT2D eigenvalue weighted by Gasteiger charge is 2.34. The molecule has 2 aliphatic heterocycles. The van der Waals surface area contributed by atoms with Crippen molar-refractivity contribution in [3.63, 3.8) is 0 Å². The lowest BCUT2D eigenvalue weighted by molar-refractivity contribution is 0.285. The van der Waals surface area contributed by atoms with Crippen LogP contribution in [-0.4, -0.2) is 31.8 Å². The molecular formula is C6H12N4. The summed E-state index contributed by atoms with van der Waals surface area (Å²) in [5.41, 5.74) is 0.227. The molecule has 0 aromatic heterocycles. The van der Waals surface area contributed by atoms with Gasteiger partial charge in [0.15, 0.2) is 0 Å². The summed E-state index contributed by atoms with van der Waals surface area (Å²) < 4.78 is 0. The molecule has 1 fully saturated rings. The molecular weight excluding hydrogens is 128 g/mol. The molecule has 0 saturated carbocycles. The largest absolute Gasteiger partial charge is 0.304 e. The molecule has 0 aromatic rings. The Morgan fingerprint density at radius 3 is 2.60 bits per heavy atom. The van der Waals surface area contributed by atoms with Crippen LogP contribution in [0.25, 0.3) is 0 Å². The van der Waals surface area contributed by atoms with E-state index in [0.29, 0.717) is 0 Å². The Balaban J connectivity index is 2.00. The summed E-state index contributed by atoms with van der Waals surface area (Å²) in [7, 11) is 0. The van der Waals surface area contributed by atoms with Gasteiger partial charge in [0, 0.05) is 6.67 Å². The Kier molecular flexibility index (Phi) is 1.43. The van der Waals surface area contributed by atoms with Crippen molar-refractivity contribution >= 4 is 0 Å². The highest BCUT2D eigenvalue weighted by atomic mass is 15.3. The van der Waals surface area contributed by atoms with E-state index in [9.17, 15) is 0 Å². The van der Waals surface area contributed by atoms with E-state index < -0.39 is 0 Å². The molecule has 2 rings (SSSR count). The predicted molar refractivity (Wildman–Crippen MR) is 37.9 cm³/mol. The average molecular weight is 140 g/mol. The molecule has 0 atom stereocenters. The van der Waals surface area contributed by atoms with Gasteiger partial charge in [0.25, 0.3) is 0 Å². The first-order valence-electron chi connectivity index (χ1n) is 3.70. The van der Waals surface area contributed by atoms with Crippen molar-refractivity contribution in [2.24, 2.45) is 10.2 Å². The predicted octanol–water partition coefficient (Wildman–Crippen LogP) is -0.269. The summed E-state index contributed by atoms with van der Waals surface area (Å²) in [6.07, 6.45) is 1.15. The lowest BCUT2D eigenvalue weighted by Crippen LogP contribution is -2.57. The van der Waals surface area contributed by atoms with E-state index in [1.54, 1.807) is 0 Å². The van der Waals surface area contributed by atoms with Crippen LogP contribution in [0.3, 0.4) is 0 Å². The van der Waals surface area contributed by atoms with Gasteiger partial charge in [-0.3, -0.25) is 5.32 Å². The molecule has 56 valence electrons. The number of nitrogens with zero attached hydrogens (tertiary/aromatic N) is 2. The maximum Gasteiger partial charge on any atom is 0.0800 e. The summed E-state index contributed by atoms with van der Waals surface area (Å²) in [5.74, 6) is 0. The second kappa shape index (κ2) is 2.29. The average Bonchev–Trinajstić information content (AvgIpc) is 2.39. The van der Waals surface area contributed by atoms with Crippen molar-refractivity contribution < 1.29 is 0 Å². The quantitative estimate of drug-likeness (QED) is 0.486. The topological polar surface area (TPSA) is 48.8 Å². The number of hydrogen-bond acceptors (Lipinski definition) is 4. The SMILES string of the molecule is C1CC2(CN=NC2)NCN1. The van der Waals surface area contributed by atoms with Gasteiger partial charge < -0.3 is 5.32 Å². The Morgan fingerprint density at radius 1 is 1.20 bits per heavy atom. The van der Waals surface area contributed by atoms with Crippen LogP contribution in [0.5, 0.6) is 0 Å². The second-order valence-corrected chi connectivity index (χ2v) is 2.98. The van der Waals surface area contributed by atoms with E-state index in [4.69, 9.17) is 0 Å². The second-order valence-electron chi connectivity index (χ2n) is 2.98. The lowest BCUT2D eigenvalue weighted by atomic mass is 9.95. The van der Waals surface area contributed by atoms with E-state index >= 15 is 0 Å². The summed E-state index contributed by atoms with van der Waals surface area (Å²) in [6, 6.07) is 0. The lowest BCUT2D eigenvalue weighted by Gasteiger charge is -2.32. The van der Waals surface area contributed by atoms with E-state index in [0.717, 1.165) is 32.7 Å². The van der Waals surface area contributed by atoms with Crippen LogP contribution in [0.2, 0.25) is 0 Å². The molecule has 0 aromatic carbocycles. The van der Waals surface area contributed by atoms with Gasteiger partial charge in [-0.1, -0.05) is 0 Å². The van der Waals surface area contributed by atoms with Crippen molar-refractivity contribution in [2.45, 2.75) is 12.0 Å². The van der Waals surface area contributed by atoms with Crippen molar-refractivity contribution in [2.75, 3.05) is 26.3 Å². The molecule has 2 aliphatic rings. The standard InChI is InChI=1S/C6H12N4/c1-2-7-5-8-6(1)3-9-10-4-6/h7-8H,1-5H2. The van der Waals surface area contributed by atoms with Crippen molar-refractivity contribution in [3.05, 3.63) is 0 Å². The summed E-state index contributed by atoms with van der Waals surface area (Å²) in [4.78, 5) is 0. The Bertz CT molecular complexity index is 138. The molecule has 0 aliphatic carbocycles. The van der Waals surface area contributed by atoms with Crippen LogP contribution in [0.1, 0.15) is 6.42 Å². The maximum absolute atomic E-state index is 4.00. The molecule has 0 amide bonds. The van der Waals surface area contributed by atoms with Crippen LogP contribution in [0.15, 0.2) is 10.2 Å². The molecule has 2 N–H and O–H groups in total. The fourth-order valence-electron chi connectivity index (χ4n) is 1.45. The van der Waals surface area contributed by atoms with Gasteiger partial charge in [0.05, 0.1) is 18.6 Å². The zero-order valence-electron chi connectivity index (χ0n) is 5.93. The maximum atomic E-state index is 4.00. The highest BCUT2D eigenvalue weighted by molar-refractivity contribution is 4.97. The van der Waals surface area contributed by atoms with Gasteiger partial charge in [-0.15, -0.1) is 0 Å². The fraction of sp³-hybridized carbons (Fsp3) is 1.00. The third-order valence-corrected chi connectivity index (χ3v) is 2.22. The third kappa shape index (κ3) is 0.932. The molecule has 0 unspecified atom stereocenters. The first-order chi connectivity index (χ1) is 4.91.